The van der Waals surface area contributed by atoms with Crippen LogP contribution in [0.2, 0.25) is 0 Å². The molecule has 2 aromatic rings. The standard InChI is InChI=1S/C18H23NO/c1-15-9-5-6-13-17(15)18(20)19-14-8-7-12-16-10-3-2-4-11-16/h2-6,9-11,13,18-20H,7-8,12,14H2,1H3. The summed E-state index contributed by atoms with van der Waals surface area (Å²) in [5, 5.41) is 13.3. The molecule has 0 aromatic heterocycles. The molecule has 0 aliphatic rings. The van der Waals surface area contributed by atoms with Crippen LogP contribution < -0.4 is 5.32 Å². The number of rotatable bonds is 7. The Morgan fingerprint density at radius 3 is 2.40 bits per heavy atom. The zero-order chi connectivity index (χ0) is 14.2. The summed E-state index contributed by atoms with van der Waals surface area (Å²) in [5.74, 6) is 0. The molecule has 2 heteroatoms. The molecule has 2 nitrogen and oxygen atoms in total. The number of nitrogens with one attached hydrogen (secondary N) is 1. The third-order valence-electron chi connectivity index (χ3n) is 3.56. The quantitative estimate of drug-likeness (QED) is 0.594. The zero-order valence-electron chi connectivity index (χ0n) is 12.0. The molecule has 0 bridgehead atoms. The second kappa shape index (κ2) is 7.83. The highest BCUT2D eigenvalue weighted by atomic mass is 16.3. The smallest absolute Gasteiger partial charge is 0.131 e. The number of hydrogen-bond donors (Lipinski definition) is 2. The Morgan fingerprint density at radius 2 is 1.65 bits per heavy atom. The summed E-state index contributed by atoms with van der Waals surface area (Å²) in [5.41, 5.74) is 3.47. The van der Waals surface area contributed by atoms with Gasteiger partial charge in [0.1, 0.15) is 6.23 Å². The van der Waals surface area contributed by atoms with Gasteiger partial charge in [0, 0.05) is 0 Å². The molecular weight excluding hydrogens is 246 g/mol. The van der Waals surface area contributed by atoms with Crippen molar-refractivity contribution in [1.29, 1.82) is 0 Å². The Labute approximate surface area is 121 Å². The van der Waals surface area contributed by atoms with Gasteiger partial charge in [0.2, 0.25) is 0 Å². The molecule has 1 atom stereocenters. The van der Waals surface area contributed by atoms with Crippen molar-refractivity contribution in [3.8, 4) is 0 Å². The second-order valence-electron chi connectivity index (χ2n) is 5.16. The molecular formula is C18H23NO. The van der Waals surface area contributed by atoms with Crippen molar-refractivity contribution in [2.75, 3.05) is 6.54 Å². The summed E-state index contributed by atoms with van der Waals surface area (Å²) < 4.78 is 0. The van der Waals surface area contributed by atoms with E-state index >= 15 is 0 Å². The van der Waals surface area contributed by atoms with Crippen LogP contribution in [0.5, 0.6) is 0 Å². The van der Waals surface area contributed by atoms with Crippen LogP contribution in [-0.4, -0.2) is 11.7 Å². The summed E-state index contributed by atoms with van der Waals surface area (Å²) in [7, 11) is 0. The van der Waals surface area contributed by atoms with Crippen molar-refractivity contribution in [2.45, 2.75) is 32.4 Å². The van der Waals surface area contributed by atoms with Crippen LogP contribution in [0.25, 0.3) is 0 Å². The molecule has 2 N–H and O–H groups in total. The first-order valence-electron chi connectivity index (χ1n) is 7.28. The maximum Gasteiger partial charge on any atom is 0.131 e. The highest BCUT2D eigenvalue weighted by Gasteiger charge is 2.07. The van der Waals surface area contributed by atoms with Gasteiger partial charge in [0.05, 0.1) is 0 Å². The predicted molar refractivity (Wildman–Crippen MR) is 83.5 cm³/mol. The number of aliphatic hydroxyl groups excluding tert-OH is 1. The van der Waals surface area contributed by atoms with Gasteiger partial charge in [-0.05, 0) is 49.4 Å². The van der Waals surface area contributed by atoms with Crippen LogP contribution in [0.15, 0.2) is 54.6 Å². The van der Waals surface area contributed by atoms with E-state index in [0.29, 0.717) is 0 Å². The normalized spacial score (nSPS) is 12.3. The third-order valence-corrected chi connectivity index (χ3v) is 3.56. The first-order chi connectivity index (χ1) is 9.77. The van der Waals surface area contributed by atoms with Crippen LogP contribution in [0.4, 0.5) is 0 Å². The molecule has 1 unspecified atom stereocenters. The molecule has 0 radical (unpaired) electrons. The molecule has 0 spiro atoms. The number of benzene rings is 2. The van der Waals surface area contributed by atoms with E-state index in [1.807, 2.05) is 37.3 Å². The van der Waals surface area contributed by atoms with Crippen molar-refractivity contribution in [3.63, 3.8) is 0 Å². The first-order valence-corrected chi connectivity index (χ1v) is 7.28. The molecule has 0 amide bonds. The monoisotopic (exact) mass is 269 g/mol. The van der Waals surface area contributed by atoms with E-state index in [1.54, 1.807) is 0 Å². The Balaban J connectivity index is 1.67. The fraction of sp³-hybridized carbons (Fsp3) is 0.333. The Morgan fingerprint density at radius 1 is 0.950 bits per heavy atom. The van der Waals surface area contributed by atoms with Crippen molar-refractivity contribution in [1.82, 2.24) is 5.32 Å². The highest BCUT2D eigenvalue weighted by Crippen LogP contribution is 2.14. The molecule has 0 saturated heterocycles. The lowest BCUT2D eigenvalue weighted by molar-refractivity contribution is 0.138. The molecule has 0 fully saturated rings. The summed E-state index contributed by atoms with van der Waals surface area (Å²) in [6.07, 6.45) is 2.74. The molecule has 20 heavy (non-hydrogen) atoms. The van der Waals surface area contributed by atoms with Crippen LogP contribution in [0.1, 0.15) is 35.8 Å². The van der Waals surface area contributed by atoms with E-state index < -0.39 is 6.23 Å². The molecule has 106 valence electrons. The van der Waals surface area contributed by atoms with E-state index in [1.165, 1.54) is 5.56 Å². The summed E-state index contributed by atoms with van der Waals surface area (Å²) in [6, 6.07) is 18.5. The van der Waals surface area contributed by atoms with Gasteiger partial charge in [0.25, 0.3) is 0 Å². The Kier molecular flexibility index (Phi) is 5.78. The van der Waals surface area contributed by atoms with Gasteiger partial charge < -0.3 is 5.11 Å². The SMILES string of the molecule is Cc1ccccc1C(O)NCCCCc1ccccc1. The fourth-order valence-corrected chi connectivity index (χ4v) is 2.34. The lowest BCUT2D eigenvalue weighted by Crippen LogP contribution is -2.22. The summed E-state index contributed by atoms with van der Waals surface area (Å²) in [4.78, 5) is 0. The zero-order valence-corrected chi connectivity index (χ0v) is 12.0. The average molecular weight is 269 g/mol. The number of hydrogen-bond acceptors (Lipinski definition) is 2. The molecule has 0 saturated carbocycles. The van der Waals surface area contributed by atoms with Gasteiger partial charge in [-0.3, -0.25) is 5.32 Å². The van der Waals surface area contributed by atoms with Crippen LogP contribution in [0, 0.1) is 6.92 Å². The predicted octanol–water partition coefficient (Wildman–Crippen LogP) is 3.60. The van der Waals surface area contributed by atoms with Gasteiger partial charge in [-0.15, -0.1) is 0 Å². The van der Waals surface area contributed by atoms with Crippen LogP contribution >= 0.6 is 0 Å². The molecule has 0 heterocycles. The second-order valence-corrected chi connectivity index (χ2v) is 5.16. The minimum Gasteiger partial charge on any atom is -0.374 e. The maximum atomic E-state index is 10.1. The first kappa shape index (κ1) is 14.8. The van der Waals surface area contributed by atoms with Gasteiger partial charge >= 0.3 is 0 Å². The Hall–Kier alpha value is -1.64. The topological polar surface area (TPSA) is 32.3 Å². The Bertz CT molecular complexity index is 510. The number of aryl methyl sites for hydroxylation is 2. The van der Waals surface area contributed by atoms with E-state index in [4.69, 9.17) is 0 Å². The third kappa shape index (κ3) is 4.48. The van der Waals surface area contributed by atoms with Crippen LogP contribution in [-0.2, 0) is 6.42 Å². The minimum atomic E-state index is -0.562. The van der Waals surface area contributed by atoms with Crippen molar-refractivity contribution in [2.24, 2.45) is 0 Å². The minimum absolute atomic E-state index is 0.562. The van der Waals surface area contributed by atoms with Gasteiger partial charge in [-0.25, -0.2) is 0 Å². The van der Waals surface area contributed by atoms with E-state index in [2.05, 4.69) is 29.6 Å². The highest BCUT2D eigenvalue weighted by molar-refractivity contribution is 5.27. The lowest BCUT2D eigenvalue weighted by atomic mass is 10.1. The molecule has 0 aliphatic carbocycles. The molecule has 0 aliphatic heterocycles. The van der Waals surface area contributed by atoms with Crippen molar-refractivity contribution < 1.29 is 5.11 Å². The lowest BCUT2D eigenvalue weighted by Gasteiger charge is -2.15. The van der Waals surface area contributed by atoms with Gasteiger partial charge in [-0.1, -0.05) is 54.6 Å². The van der Waals surface area contributed by atoms with E-state index in [9.17, 15) is 5.11 Å². The van der Waals surface area contributed by atoms with Gasteiger partial charge in [0.15, 0.2) is 0 Å². The summed E-state index contributed by atoms with van der Waals surface area (Å²) in [6.45, 7) is 2.86. The fourth-order valence-electron chi connectivity index (χ4n) is 2.34. The average Bonchev–Trinajstić information content (AvgIpc) is 2.48. The number of aliphatic hydroxyl groups is 1. The molecule has 2 aromatic carbocycles. The van der Waals surface area contributed by atoms with Crippen LogP contribution in [0.3, 0.4) is 0 Å². The van der Waals surface area contributed by atoms with Gasteiger partial charge in [-0.2, -0.15) is 0 Å². The summed E-state index contributed by atoms with van der Waals surface area (Å²) >= 11 is 0. The number of unbranched alkanes of at least 4 members (excludes halogenated alkanes) is 1. The van der Waals surface area contributed by atoms with Crippen molar-refractivity contribution >= 4 is 0 Å². The molecule has 2 rings (SSSR count). The maximum absolute atomic E-state index is 10.1. The van der Waals surface area contributed by atoms with E-state index in [0.717, 1.165) is 36.9 Å². The largest absolute Gasteiger partial charge is 0.374 e. The van der Waals surface area contributed by atoms with E-state index in [-0.39, 0.29) is 0 Å². The van der Waals surface area contributed by atoms with Crippen molar-refractivity contribution in [3.05, 3.63) is 71.3 Å².